The van der Waals surface area contributed by atoms with Crippen LogP contribution in [0.4, 0.5) is 0 Å². The number of hydrogen-bond donors (Lipinski definition) is 1. The smallest absolute Gasteiger partial charge is 0.264 e. The van der Waals surface area contributed by atoms with Crippen LogP contribution in [0.1, 0.15) is 35.0 Å². The van der Waals surface area contributed by atoms with Gasteiger partial charge in [-0.25, -0.2) is 0 Å². The molecule has 2 heterocycles. The van der Waals surface area contributed by atoms with Crippen molar-refractivity contribution in [3.05, 3.63) is 45.8 Å². The second kappa shape index (κ2) is 7.58. The molecule has 0 bridgehead atoms. The standard InChI is InChI=1S/C19H21ClN2O2S/c1-12-9-17(25-18(12)14-5-3-6-15(20)10-14)19(24)22-8-4-7-16(11-22)21-13(2)23/h3,5-6,9-10,16H,4,7-8,11H2,1-2H3,(H,21,23). The first-order chi connectivity index (χ1) is 11.9. The van der Waals surface area contributed by atoms with Gasteiger partial charge in [0, 0.05) is 36.0 Å². The molecule has 0 aliphatic carbocycles. The second-order valence-corrected chi connectivity index (χ2v) is 7.91. The van der Waals surface area contributed by atoms with Crippen LogP contribution in [0.15, 0.2) is 30.3 Å². The summed E-state index contributed by atoms with van der Waals surface area (Å²) in [5.41, 5.74) is 2.11. The van der Waals surface area contributed by atoms with Gasteiger partial charge in [0.1, 0.15) is 0 Å². The summed E-state index contributed by atoms with van der Waals surface area (Å²) in [6.07, 6.45) is 1.82. The Balaban J connectivity index is 1.79. The van der Waals surface area contributed by atoms with Gasteiger partial charge in [0.25, 0.3) is 5.91 Å². The Morgan fingerprint density at radius 2 is 2.12 bits per heavy atom. The minimum atomic E-state index is -0.0468. The molecule has 0 radical (unpaired) electrons. The molecular formula is C19H21ClN2O2S. The van der Waals surface area contributed by atoms with Gasteiger partial charge in [0.15, 0.2) is 0 Å². The van der Waals surface area contributed by atoms with Gasteiger partial charge < -0.3 is 10.2 Å². The van der Waals surface area contributed by atoms with Gasteiger partial charge in [-0.1, -0.05) is 23.7 Å². The minimum absolute atomic E-state index is 0.0384. The molecular weight excluding hydrogens is 356 g/mol. The van der Waals surface area contributed by atoms with E-state index in [4.69, 9.17) is 11.6 Å². The maximum absolute atomic E-state index is 12.9. The van der Waals surface area contributed by atoms with Gasteiger partial charge in [0.05, 0.1) is 4.88 Å². The highest BCUT2D eigenvalue weighted by atomic mass is 35.5. The largest absolute Gasteiger partial charge is 0.352 e. The first kappa shape index (κ1) is 18.0. The number of likely N-dealkylation sites (tertiary alicyclic amines) is 1. The van der Waals surface area contributed by atoms with Crippen molar-refractivity contribution in [3.63, 3.8) is 0 Å². The van der Waals surface area contributed by atoms with Gasteiger partial charge in [-0.15, -0.1) is 11.3 Å². The Hall–Kier alpha value is -1.85. The number of thiophene rings is 1. The molecule has 3 rings (SSSR count). The zero-order valence-corrected chi connectivity index (χ0v) is 15.9. The number of carbonyl (C=O) groups is 2. The van der Waals surface area contributed by atoms with Crippen LogP contribution in [0.3, 0.4) is 0 Å². The summed E-state index contributed by atoms with van der Waals surface area (Å²) in [5, 5.41) is 3.61. The highest BCUT2D eigenvalue weighted by Gasteiger charge is 2.26. The Morgan fingerprint density at radius 1 is 1.32 bits per heavy atom. The summed E-state index contributed by atoms with van der Waals surface area (Å²) in [7, 11) is 0. The maximum atomic E-state index is 12.9. The van der Waals surface area contributed by atoms with E-state index in [-0.39, 0.29) is 17.9 Å². The van der Waals surface area contributed by atoms with Crippen LogP contribution in [0.2, 0.25) is 5.02 Å². The zero-order chi connectivity index (χ0) is 18.0. The van der Waals surface area contributed by atoms with Crippen molar-refractivity contribution in [2.75, 3.05) is 13.1 Å². The van der Waals surface area contributed by atoms with Crippen molar-refractivity contribution in [1.29, 1.82) is 0 Å². The van der Waals surface area contributed by atoms with Crippen molar-refractivity contribution < 1.29 is 9.59 Å². The number of rotatable bonds is 3. The van der Waals surface area contributed by atoms with E-state index >= 15 is 0 Å². The third-order valence-corrected chi connectivity index (χ3v) is 5.84. The molecule has 1 aliphatic heterocycles. The van der Waals surface area contributed by atoms with Crippen LogP contribution in [-0.4, -0.2) is 35.8 Å². The van der Waals surface area contributed by atoms with E-state index in [9.17, 15) is 9.59 Å². The lowest BCUT2D eigenvalue weighted by molar-refractivity contribution is -0.120. The van der Waals surface area contributed by atoms with Crippen LogP contribution in [-0.2, 0) is 4.79 Å². The predicted molar refractivity (Wildman–Crippen MR) is 102 cm³/mol. The summed E-state index contributed by atoms with van der Waals surface area (Å²) in [6, 6.07) is 9.68. The van der Waals surface area contributed by atoms with Gasteiger partial charge in [-0.05, 0) is 49.1 Å². The fourth-order valence-corrected chi connectivity index (χ4v) is 4.55. The SMILES string of the molecule is CC(=O)NC1CCCN(C(=O)c2cc(C)c(-c3cccc(Cl)c3)s2)C1. The highest BCUT2D eigenvalue weighted by molar-refractivity contribution is 7.17. The zero-order valence-electron chi connectivity index (χ0n) is 14.3. The Kier molecular flexibility index (Phi) is 5.45. The first-order valence-electron chi connectivity index (χ1n) is 8.37. The molecule has 2 amide bonds. The summed E-state index contributed by atoms with van der Waals surface area (Å²) >= 11 is 7.59. The summed E-state index contributed by atoms with van der Waals surface area (Å²) in [6.45, 7) is 4.83. The summed E-state index contributed by atoms with van der Waals surface area (Å²) in [5.74, 6) is -0.00839. The topological polar surface area (TPSA) is 49.4 Å². The van der Waals surface area contributed by atoms with E-state index < -0.39 is 0 Å². The number of nitrogens with zero attached hydrogens (tertiary/aromatic N) is 1. The van der Waals surface area contributed by atoms with Crippen LogP contribution >= 0.6 is 22.9 Å². The number of hydrogen-bond acceptors (Lipinski definition) is 3. The van der Waals surface area contributed by atoms with Crippen LogP contribution < -0.4 is 5.32 Å². The van der Waals surface area contributed by atoms with Crippen LogP contribution in [0, 0.1) is 6.92 Å². The quantitative estimate of drug-likeness (QED) is 0.876. The van der Waals surface area contributed by atoms with Gasteiger partial charge in [-0.2, -0.15) is 0 Å². The number of carbonyl (C=O) groups excluding carboxylic acids is 2. The number of halogens is 1. The molecule has 1 unspecified atom stereocenters. The molecule has 1 aliphatic rings. The molecule has 4 nitrogen and oxygen atoms in total. The van der Waals surface area contributed by atoms with Crippen molar-refractivity contribution in [3.8, 4) is 10.4 Å². The normalized spacial score (nSPS) is 17.4. The van der Waals surface area contributed by atoms with Crippen LogP contribution in [0.25, 0.3) is 10.4 Å². The molecule has 0 spiro atoms. The van der Waals surface area contributed by atoms with E-state index in [1.165, 1.54) is 18.3 Å². The first-order valence-corrected chi connectivity index (χ1v) is 9.56. The molecule has 6 heteroatoms. The average Bonchev–Trinajstić information content (AvgIpc) is 2.95. The Bertz CT molecular complexity index is 802. The van der Waals surface area contributed by atoms with Gasteiger partial charge in [-0.3, -0.25) is 9.59 Å². The third-order valence-electron chi connectivity index (χ3n) is 4.33. The second-order valence-electron chi connectivity index (χ2n) is 6.42. The third kappa shape index (κ3) is 4.22. The Morgan fingerprint density at radius 3 is 2.84 bits per heavy atom. The lowest BCUT2D eigenvalue weighted by Crippen LogP contribution is -2.49. The van der Waals surface area contributed by atoms with Crippen molar-refractivity contribution in [2.24, 2.45) is 0 Å². The number of benzene rings is 1. The monoisotopic (exact) mass is 376 g/mol. The van der Waals surface area contributed by atoms with E-state index in [2.05, 4.69) is 5.32 Å². The predicted octanol–water partition coefficient (Wildman–Crippen LogP) is 4.12. The van der Waals surface area contributed by atoms with Gasteiger partial charge in [0.2, 0.25) is 5.91 Å². The Labute approximate surface area is 156 Å². The number of aryl methyl sites for hydroxylation is 1. The molecule has 1 N–H and O–H groups in total. The van der Waals surface area contributed by atoms with Crippen molar-refractivity contribution in [2.45, 2.75) is 32.7 Å². The molecule has 0 saturated carbocycles. The van der Waals surface area contributed by atoms with E-state index in [1.807, 2.05) is 42.2 Å². The fraction of sp³-hybridized carbons (Fsp3) is 0.368. The molecule has 2 aromatic rings. The van der Waals surface area contributed by atoms with E-state index in [1.54, 1.807) is 0 Å². The average molecular weight is 377 g/mol. The summed E-state index contributed by atoms with van der Waals surface area (Å²) < 4.78 is 0. The van der Waals surface area contributed by atoms with Gasteiger partial charge >= 0.3 is 0 Å². The minimum Gasteiger partial charge on any atom is -0.352 e. The van der Waals surface area contributed by atoms with E-state index in [0.29, 0.717) is 11.6 Å². The highest BCUT2D eigenvalue weighted by Crippen LogP contribution is 2.34. The summed E-state index contributed by atoms with van der Waals surface area (Å²) in [4.78, 5) is 27.8. The number of piperidine rings is 1. The molecule has 1 aromatic heterocycles. The molecule has 1 atom stereocenters. The van der Waals surface area contributed by atoms with Crippen molar-refractivity contribution in [1.82, 2.24) is 10.2 Å². The van der Waals surface area contributed by atoms with Crippen molar-refractivity contribution >= 4 is 34.8 Å². The fourth-order valence-electron chi connectivity index (χ4n) is 3.23. The molecule has 1 fully saturated rings. The molecule has 1 aromatic carbocycles. The molecule has 132 valence electrons. The lowest BCUT2D eigenvalue weighted by Gasteiger charge is -2.32. The maximum Gasteiger partial charge on any atom is 0.264 e. The molecule has 1 saturated heterocycles. The lowest BCUT2D eigenvalue weighted by atomic mass is 10.1. The number of nitrogens with one attached hydrogen (secondary N) is 1. The van der Waals surface area contributed by atoms with Crippen LogP contribution in [0.5, 0.6) is 0 Å². The van der Waals surface area contributed by atoms with E-state index in [0.717, 1.165) is 40.3 Å². The molecule has 25 heavy (non-hydrogen) atoms. The number of amides is 2.